The van der Waals surface area contributed by atoms with Crippen LogP contribution >= 0.6 is 0 Å². The molecule has 3 heteroatoms. The van der Waals surface area contributed by atoms with Crippen LogP contribution in [-0.4, -0.2) is 25.0 Å². The molecule has 0 aliphatic carbocycles. The molecule has 0 bridgehead atoms. The minimum atomic E-state index is 0.0946. The van der Waals surface area contributed by atoms with Gasteiger partial charge in [0.05, 0.1) is 6.54 Å². The van der Waals surface area contributed by atoms with Crippen molar-refractivity contribution in [3.8, 4) is 0 Å². The lowest BCUT2D eigenvalue weighted by atomic mass is 9.98. The second-order valence-electron chi connectivity index (χ2n) is 4.52. The Hall–Kier alpha value is -1.35. The lowest BCUT2D eigenvalue weighted by Gasteiger charge is -2.24. The normalized spacial score (nSPS) is 20.6. The van der Waals surface area contributed by atoms with E-state index in [0.717, 1.165) is 13.0 Å². The highest BCUT2D eigenvalue weighted by Gasteiger charge is 2.17. The SMILES string of the molecule is Cc1ccc(C)c(CC2CNC(=O)CN2)c1. The summed E-state index contributed by atoms with van der Waals surface area (Å²) >= 11 is 0. The van der Waals surface area contributed by atoms with Crippen LogP contribution in [0, 0.1) is 13.8 Å². The van der Waals surface area contributed by atoms with E-state index in [4.69, 9.17) is 0 Å². The van der Waals surface area contributed by atoms with Gasteiger partial charge in [-0.1, -0.05) is 23.8 Å². The van der Waals surface area contributed by atoms with E-state index in [-0.39, 0.29) is 5.91 Å². The number of hydrogen-bond acceptors (Lipinski definition) is 2. The van der Waals surface area contributed by atoms with Crippen molar-refractivity contribution < 1.29 is 4.79 Å². The maximum atomic E-state index is 11.0. The molecule has 1 aromatic carbocycles. The molecule has 1 aliphatic rings. The summed E-state index contributed by atoms with van der Waals surface area (Å²) in [5.74, 6) is 0.0946. The zero-order chi connectivity index (χ0) is 11.5. The number of amides is 1. The zero-order valence-electron chi connectivity index (χ0n) is 9.84. The molecule has 1 amide bonds. The highest BCUT2D eigenvalue weighted by Crippen LogP contribution is 2.13. The first-order valence-electron chi connectivity index (χ1n) is 5.71. The molecule has 1 unspecified atom stereocenters. The third-order valence-electron chi connectivity index (χ3n) is 3.07. The first kappa shape index (κ1) is 11.1. The van der Waals surface area contributed by atoms with E-state index in [2.05, 4.69) is 42.7 Å². The number of nitrogens with one attached hydrogen (secondary N) is 2. The molecule has 0 aromatic heterocycles. The molecule has 1 aromatic rings. The number of benzene rings is 1. The molecule has 0 radical (unpaired) electrons. The Balaban J connectivity index is 2.03. The Morgan fingerprint density at radius 2 is 2.19 bits per heavy atom. The van der Waals surface area contributed by atoms with E-state index in [1.54, 1.807) is 0 Å². The molecule has 3 nitrogen and oxygen atoms in total. The molecule has 2 N–H and O–H groups in total. The number of carbonyl (C=O) groups is 1. The van der Waals surface area contributed by atoms with Crippen LogP contribution in [0.15, 0.2) is 18.2 Å². The van der Waals surface area contributed by atoms with Crippen LogP contribution in [0.3, 0.4) is 0 Å². The summed E-state index contributed by atoms with van der Waals surface area (Å²) in [7, 11) is 0. The molecule has 0 spiro atoms. The van der Waals surface area contributed by atoms with Crippen LogP contribution in [0.5, 0.6) is 0 Å². The highest BCUT2D eigenvalue weighted by molar-refractivity contribution is 5.78. The maximum absolute atomic E-state index is 11.0. The first-order chi connectivity index (χ1) is 7.65. The van der Waals surface area contributed by atoms with Gasteiger partial charge in [-0.3, -0.25) is 4.79 Å². The van der Waals surface area contributed by atoms with Crippen LogP contribution in [-0.2, 0) is 11.2 Å². The average Bonchev–Trinajstić information content (AvgIpc) is 2.27. The van der Waals surface area contributed by atoms with Gasteiger partial charge in [-0.2, -0.15) is 0 Å². The number of rotatable bonds is 2. The number of aryl methyl sites for hydroxylation is 2. The van der Waals surface area contributed by atoms with Crippen LogP contribution in [0.2, 0.25) is 0 Å². The molecular formula is C13H18N2O. The van der Waals surface area contributed by atoms with Crippen molar-refractivity contribution >= 4 is 5.91 Å². The topological polar surface area (TPSA) is 41.1 Å². The van der Waals surface area contributed by atoms with Crippen LogP contribution < -0.4 is 10.6 Å². The molecule has 2 rings (SSSR count). The van der Waals surface area contributed by atoms with E-state index < -0.39 is 0 Å². The lowest BCUT2D eigenvalue weighted by Crippen LogP contribution is -2.52. The number of hydrogen-bond donors (Lipinski definition) is 2. The van der Waals surface area contributed by atoms with Crippen molar-refractivity contribution in [1.82, 2.24) is 10.6 Å². The van der Waals surface area contributed by atoms with Gasteiger partial charge in [0.15, 0.2) is 0 Å². The van der Waals surface area contributed by atoms with Crippen molar-refractivity contribution in [3.63, 3.8) is 0 Å². The van der Waals surface area contributed by atoms with E-state index in [1.807, 2.05) is 0 Å². The Labute approximate surface area is 96.2 Å². The molecule has 1 saturated heterocycles. The quantitative estimate of drug-likeness (QED) is 0.775. The lowest BCUT2D eigenvalue weighted by molar-refractivity contribution is -0.121. The molecule has 1 fully saturated rings. The minimum Gasteiger partial charge on any atom is -0.353 e. The van der Waals surface area contributed by atoms with Gasteiger partial charge in [0, 0.05) is 12.6 Å². The molecule has 1 heterocycles. The summed E-state index contributed by atoms with van der Waals surface area (Å²) in [4.78, 5) is 11.0. The summed E-state index contributed by atoms with van der Waals surface area (Å²) in [5.41, 5.74) is 3.98. The third kappa shape index (κ3) is 2.61. The van der Waals surface area contributed by atoms with Gasteiger partial charge in [-0.15, -0.1) is 0 Å². The fourth-order valence-electron chi connectivity index (χ4n) is 2.04. The third-order valence-corrected chi connectivity index (χ3v) is 3.07. The molecule has 0 saturated carbocycles. The Bertz CT molecular complexity index is 391. The molecule has 1 atom stereocenters. The smallest absolute Gasteiger partial charge is 0.234 e. The Morgan fingerprint density at radius 3 is 2.88 bits per heavy atom. The molecular weight excluding hydrogens is 200 g/mol. The predicted octanol–water partition coefficient (Wildman–Crippen LogP) is 0.934. The van der Waals surface area contributed by atoms with Crippen molar-refractivity contribution in [1.29, 1.82) is 0 Å². The van der Waals surface area contributed by atoms with Gasteiger partial charge in [-0.05, 0) is 31.4 Å². The van der Waals surface area contributed by atoms with Gasteiger partial charge in [0.2, 0.25) is 5.91 Å². The van der Waals surface area contributed by atoms with Gasteiger partial charge >= 0.3 is 0 Å². The number of carbonyl (C=O) groups excluding carboxylic acids is 1. The van der Waals surface area contributed by atoms with Crippen LogP contribution in [0.4, 0.5) is 0 Å². The largest absolute Gasteiger partial charge is 0.353 e. The van der Waals surface area contributed by atoms with Crippen molar-refractivity contribution in [3.05, 3.63) is 34.9 Å². The number of piperazine rings is 1. The summed E-state index contributed by atoms with van der Waals surface area (Å²) in [6, 6.07) is 6.88. The first-order valence-corrected chi connectivity index (χ1v) is 5.71. The average molecular weight is 218 g/mol. The van der Waals surface area contributed by atoms with Crippen LogP contribution in [0.25, 0.3) is 0 Å². The van der Waals surface area contributed by atoms with Crippen LogP contribution in [0.1, 0.15) is 16.7 Å². The summed E-state index contributed by atoms with van der Waals surface area (Å²) in [6.07, 6.45) is 0.980. The van der Waals surface area contributed by atoms with Gasteiger partial charge in [-0.25, -0.2) is 0 Å². The van der Waals surface area contributed by atoms with Crippen molar-refractivity contribution in [2.45, 2.75) is 26.3 Å². The van der Waals surface area contributed by atoms with E-state index in [1.165, 1.54) is 16.7 Å². The molecule has 16 heavy (non-hydrogen) atoms. The second-order valence-corrected chi connectivity index (χ2v) is 4.52. The fraction of sp³-hybridized carbons (Fsp3) is 0.462. The monoisotopic (exact) mass is 218 g/mol. The highest BCUT2D eigenvalue weighted by atomic mass is 16.2. The summed E-state index contributed by atoms with van der Waals surface area (Å²) in [6.45, 7) is 5.41. The Kier molecular flexibility index (Phi) is 3.25. The van der Waals surface area contributed by atoms with Crippen molar-refractivity contribution in [2.75, 3.05) is 13.1 Å². The minimum absolute atomic E-state index is 0.0946. The molecule has 86 valence electrons. The van der Waals surface area contributed by atoms with E-state index >= 15 is 0 Å². The van der Waals surface area contributed by atoms with E-state index in [0.29, 0.717) is 12.6 Å². The standard InChI is InChI=1S/C13H18N2O/c1-9-3-4-10(2)11(5-9)6-12-7-15-13(16)8-14-12/h3-5,12,14H,6-8H2,1-2H3,(H,15,16). The zero-order valence-corrected chi connectivity index (χ0v) is 9.84. The maximum Gasteiger partial charge on any atom is 0.234 e. The summed E-state index contributed by atoms with van der Waals surface area (Å²) in [5, 5.41) is 6.14. The van der Waals surface area contributed by atoms with Crippen molar-refractivity contribution in [2.24, 2.45) is 0 Å². The van der Waals surface area contributed by atoms with Gasteiger partial charge < -0.3 is 10.6 Å². The Morgan fingerprint density at radius 1 is 1.38 bits per heavy atom. The fourth-order valence-corrected chi connectivity index (χ4v) is 2.04. The second kappa shape index (κ2) is 4.66. The molecule has 1 aliphatic heterocycles. The van der Waals surface area contributed by atoms with Gasteiger partial charge in [0.25, 0.3) is 0 Å². The van der Waals surface area contributed by atoms with E-state index in [9.17, 15) is 4.79 Å². The summed E-state index contributed by atoms with van der Waals surface area (Å²) < 4.78 is 0. The van der Waals surface area contributed by atoms with Gasteiger partial charge in [0.1, 0.15) is 0 Å². The predicted molar refractivity (Wildman–Crippen MR) is 64.4 cm³/mol.